The van der Waals surface area contributed by atoms with Crippen LogP contribution in [0.1, 0.15) is 53.4 Å². The summed E-state index contributed by atoms with van der Waals surface area (Å²) < 4.78 is 31.7. The molecule has 0 radical (unpaired) electrons. The fourth-order valence-electron chi connectivity index (χ4n) is 3.52. The lowest BCUT2D eigenvalue weighted by Gasteiger charge is -2.38. The van der Waals surface area contributed by atoms with Gasteiger partial charge in [-0.05, 0) is 57.0 Å². The van der Waals surface area contributed by atoms with Gasteiger partial charge in [-0.15, -0.1) is 0 Å². The molecule has 1 aliphatic heterocycles. The second-order valence-electron chi connectivity index (χ2n) is 7.99. The number of carbonyl (C=O) groups is 1. The molecule has 2 N–H and O–H groups in total. The Bertz CT molecular complexity index is 1030. The van der Waals surface area contributed by atoms with Crippen molar-refractivity contribution < 1.29 is 17.9 Å². The molecule has 150 valence electrons. The van der Waals surface area contributed by atoms with Crippen molar-refractivity contribution in [3.63, 3.8) is 0 Å². The number of sulfonamides is 1. The van der Waals surface area contributed by atoms with Gasteiger partial charge < -0.3 is 10.1 Å². The molecule has 0 fully saturated rings. The summed E-state index contributed by atoms with van der Waals surface area (Å²) in [5.74, 6) is 0.537. The van der Waals surface area contributed by atoms with E-state index in [1.54, 1.807) is 25.1 Å². The number of benzene rings is 2. The molecule has 0 aromatic heterocycles. The fourth-order valence-corrected chi connectivity index (χ4v) is 4.14. The van der Waals surface area contributed by atoms with E-state index >= 15 is 0 Å². The van der Waals surface area contributed by atoms with E-state index in [0.717, 1.165) is 23.1 Å². The summed E-state index contributed by atoms with van der Waals surface area (Å²) in [6.07, 6.45) is 1.72. The molecule has 2 aromatic carbocycles. The van der Waals surface area contributed by atoms with E-state index in [1.807, 2.05) is 39.0 Å². The molecule has 0 spiro atoms. The third kappa shape index (κ3) is 4.47. The number of amides is 1. The maximum Gasteiger partial charge on any atom is 0.252 e. The second-order valence-corrected chi connectivity index (χ2v) is 9.73. The predicted octanol–water partition coefficient (Wildman–Crippen LogP) is 3.71. The van der Waals surface area contributed by atoms with Crippen LogP contribution >= 0.6 is 0 Å². The van der Waals surface area contributed by atoms with Gasteiger partial charge in [0.1, 0.15) is 11.4 Å². The topological polar surface area (TPSA) is 84.5 Å². The molecule has 0 aliphatic carbocycles. The van der Waals surface area contributed by atoms with Gasteiger partial charge in [-0.1, -0.05) is 18.2 Å². The van der Waals surface area contributed by atoms with Crippen LogP contribution < -0.4 is 14.8 Å². The lowest BCUT2D eigenvalue weighted by Crippen LogP contribution is -2.41. The van der Waals surface area contributed by atoms with Gasteiger partial charge in [0.25, 0.3) is 5.91 Å². The van der Waals surface area contributed by atoms with Gasteiger partial charge >= 0.3 is 0 Å². The molecule has 1 amide bonds. The first-order valence-electron chi connectivity index (χ1n) is 9.13. The third-order valence-electron chi connectivity index (χ3n) is 4.81. The number of hydrogen-bond donors (Lipinski definition) is 2. The number of anilines is 1. The van der Waals surface area contributed by atoms with E-state index in [-0.39, 0.29) is 11.9 Å². The first-order valence-corrected chi connectivity index (χ1v) is 11.0. The molecule has 1 atom stereocenters. The zero-order valence-corrected chi connectivity index (χ0v) is 17.6. The molecule has 3 rings (SSSR count). The molecule has 1 heterocycles. The largest absolute Gasteiger partial charge is 0.487 e. The monoisotopic (exact) mass is 402 g/mol. The van der Waals surface area contributed by atoms with Gasteiger partial charge in [-0.3, -0.25) is 9.52 Å². The Morgan fingerprint density at radius 3 is 2.57 bits per heavy atom. The summed E-state index contributed by atoms with van der Waals surface area (Å²) in [5.41, 5.74) is 3.05. The number of hydrogen-bond acceptors (Lipinski definition) is 4. The Morgan fingerprint density at radius 2 is 1.89 bits per heavy atom. The second kappa shape index (κ2) is 7.13. The van der Waals surface area contributed by atoms with Crippen molar-refractivity contribution in [1.82, 2.24) is 5.32 Å². The van der Waals surface area contributed by atoms with Crippen molar-refractivity contribution in [3.8, 4) is 5.75 Å². The Labute approximate surface area is 166 Å². The molecule has 28 heavy (non-hydrogen) atoms. The van der Waals surface area contributed by atoms with Crippen molar-refractivity contribution in [3.05, 3.63) is 58.7 Å². The molecular weight excluding hydrogens is 376 g/mol. The number of carbonyl (C=O) groups excluding carboxylic acids is 1. The van der Waals surface area contributed by atoms with Crippen LogP contribution in [0.4, 0.5) is 5.69 Å². The number of aryl methyl sites for hydroxylation is 1. The molecule has 2 aromatic rings. The van der Waals surface area contributed by atoms with E-state index in [1.165, 1.54) is 0 Å². The van der Waals surface area contributed by atoms with E-state index in [0.29, 0.717) is 23.2 Å². The van der Waals surface area contributed by atoms with Crippen LogP contribution in [0.15, 0.2) is 36.4 Å². The van der Waals surface area contributed by atoms with Crippen molar-refractivity contribution in [2.45, 2.75) is 45.8 Å². The van der Waals surface area contributed by atoms with Crippen LogP contribution in [0.2, 0.25) is 0 Å². The Morgan fingerprint density at radius 1 is 1.18 bits per heavy atom. The van der Waals surface area contributed by atoms with Gasteiger partial charge in [0.2, 0.25) is 10.0 Å². The summed E-state index contributed by atoms with van der Waals surface area (Å²) in [4.78, 5) is 13.0. The van der Waals surface area contributed by atoms with Crippen LogP contribution in [0.25, 0.3) is 0 Å². The normalized spacial score (nSPS) is 18.0. The minimum atomic E-state index is -3.43. The third-order valence-corrected chi connectivity index (χ3v) is 5.40. The summed E-state index contributed by atoms with van der Waals surface area (Å²) in [5, 5.41) is 3.10. The highest BCUT2D eigenvalue weighted by atomic mass is 32.2. The van der Waals surface area contributed by atoms with E-state index < -0.39 is 15.6 Å². The van der Waals surface area contributed by atoms with Gasteiger partial charge in [-0.25, -0.2) is 8.42 Å². The molecule has 0 saturated heterocycles. The maximum atomic E-state index is 13.0. The van der Waals surface area contributed by atoms with Crippen molar-refractivity contribution in [2.75, 3.05) is 11.0 Å². The average molecular weight is 403 g/mol. The highest BCUT2D eigenvalue weighted by molar-refractivity contribution is 7.92. The average Bonchev–Trinajstić information content (AvgIpc) is 2.54. The summed E-state index contributed by atoms with van der Waals surface area (Å²) in [7, 11) is -3.43. The van der Waals surface area contributed by atoms with Crippen LogP contribution in [-0.2, 0) is 10.0 Å². The zero-order valence-electron chi connectivity index (χ0n) is 16.8. The van der Waals surface area contributed by atoms with Crippen LogP contribution in [-0.4, -0.2) is 26.2 Å². The van der Waals surface area contributed by atoms with E-state index in [2.05, 4.69) is 10.0 Å². The number of nitrogens with one attached hydrogen (secondary N) is 2. The van der Waals surface area contributed by atoms with E-state index in [9.17, 15) is 13.2 Å². The minimum absolute atomic E-state index is 0.197. The van der Waals surface area contributed by atoms with Crippen LogP contribution in [0, 0.1) is 13.8 Å². The molecule has 0 unspecified atom stereocenters. The highest BCUT2D eigenvalue weighted by Gasteiger charge is 2.34. The van der Waals surface area contributed by atoms with E-state index in [4.69, 9.17) is 4.74 Å². The molecule has 0 bridgehead atoms. The SMILES string of the molecule is Cc1ccc2c(c1)OC(C)(C)C[C@H]2NC(=O)c1cccc(NS(C)(=O)=O)c1C. The Balaban J connectivity index is 1.91. The lowest BCUT2D eigenvalue weighted by atomic mass is 9.89. The Kier molecular flexibility index (Phi) is 5.14. The zero-order chi connectivity index (χ0) is 20.7. The quantitative estimate of drug-likeness (QED) is 0.817. The molecule has 7 heteroatoms. The van der Waals surface area contributed by atoms with Gasteiger partial charge in [0, 0.05) is 17.5 Å². The van der Waals surface area contributed by atoms with Gasteiger partial charge in [0.05, 0.1) is 18.0 Å². The first-order chi connectivity index (χ1) is 13.0. The molecule has 1 aliphatic rings. The van der Waals surface area contributed by atoms with Crippen LogP contribution in [0.5, 0.6) is 5.75 Å². The number of ether oxygens (including phenoxy) is 1. The van der Waals surface area contributed by atoms with Crippen molar-refractivity contribution in [2.24, 2.45) is 0 Å². The lowest BCUT2D eigenvalue weighted by molar-refractivity contribution is 0.0619. The first kappa shape index (κ1) is 20.2. The number of rotatable bonds is 4. The summed E-state index contributed by atoms with van der Waals surface area (Å²) in [6, 6.07) is 10.8. The molecule has 6 nitrogen and oxygen atoms in total. The number of fused-ring (bicyclic) bond motifs is 1. The fraction of sp³-hybridized carbons (Fsp3) is 0.381. The molecular formula is C21H26N2O4S. The summed E-state index contributed by atoms with van der Waals surface area (Å²) in [6.45, 7) is 7.73. The van der Waals surface area contributed by atoms with Gasteiger partial charge in [0.15, 0.2) is 0 Å². The Hall–Kier alpha value is -2.54. The maximum absolute atomic E-state index is 13.0. The smallest absolute Gasteiger partial charge is 0.252 e. The van der Waals surface area contributed by atoms with Crippen molar-refractivity contribution >= 4 is 21.6 Å². The predicted molar refractivity (Wildman–Crippen MR) is 110 cm³/mol. The van der Waals surface area contributed by atoms with Crippen molar-refractivity contribution in [1.29, 1.82) is 0 Å². The standard InChI is InChI=1S/C21H26N2O4S/c1-13-9-10-16-18(12-21(3,4)27-19(16)11-13)22-20(24)15-7-6-8-17(14(15)2)23-28(5,25)26/h6-11,18,23H,12H2,1-5H3,(H,22,24)/t18-/m1/s1. The highest BCUT2D eigenvalue weighted by Crippen LogP contribution is 2.40. The minimum Gasteiger partial charge on any atom is -0.487 e. The summed E-state index contributed by atoms with van der Waals surface area (Å²) >= 11 is 0. The van der Waals surface area contributed by atoms with Gasteiger partial charge in [-0.2, -0.15) is 0 Å². The van der Waals surface area contributed by atoms with Crippen LogP contribution in [0.3, 0.4) is 0 Å². The molecule has 0 saturated carbocycles.